The molecule has 118 valence electrons. The van der Waals surface area contributed by atoms with Gasteiger partial charge in [-0.2, -0.15) is 0 Å². The molecule has 0 aromatic carbocycles. The van der Waals surface area contributed by atoms with Crippen molar-refractivity contribution < 1.29 is 8.42 Å². The second-order valence-corrected chi connectivity index (χ2v) is 9.03. The second-order valence-electron chi connectivity index (χ2n) is 5.89. The zero-order valence-electron chi connectivity index (χ0n) is 12.5. The minimum Gasteiger partial charge on any atom is -0.380 e. The highest BCUT2D eigenvalue weighted by atomic mass is 79.9. The van der Waals surface area contributed by atoms with Crippen molar-refractivity contribution in [3.63, 3.8) is 0 Å². The van der Waals surface area contributed by atoms with Crippen LogP contribution in [0.4, 0.5) is 11.4 Å². The molecule has 2 aliphatic rings. The third kappa shape index (κ3) is 2.46. The van der Waals surface area contributed by atoms with Crippen LogP contribution in [-0.4, -0.2) is 31.2 Å². The van der Waals surface area contributed by atoms with Crippen LogP contribution in [0.5, 0.6) is 0 Å². The number of allylic oxidation sites excluding steroid dienone is 3. The molecule has 0 radical (unpaired) electrons. The first-order valence-electron chi connectivity index (χ1n) is 7.10. The van der Waals surface area contributed by atoms with Crippen molar-refractivity contribution in [3.8, 4) is 0 Å². The zero-order chi connectivity index (χ0) is 16.0. The molecule has 1 aromatic heterocycles. The molecule has 5 nitrogen and oxygen atoms in total. The van der Waals surface area contributed by atoms with Crippen LogP contribution < -0.4 is 9.62 Å². The fourth-order valence-corrected chi connectivity index (χ4v) is 5.17. The Hall–Kier alpha value is -1.34. The summed E-state index contributed by atoms with van der Waals surface area (Å²) < 4.78 is 27.7. The van der Waals surface area contributed by atoms with E-state index < -0.39 is 14.8 Å². The molecule has 1 atom stereocenters. The van der Waals surface area contributed by atoms with Gasteiger partial charge in [0.05, 0.1) is 24.1 Å². The third-order valence-electron chi connectivity index (χ3n) is 4.09. The normalized spacial score (nSPS) is 24.5. The number of sulfonamides is 1. The molecule has 0 fully saturated rings. The van der Waals surface area contributed by atoms with Crippen LogP contribution in [0.2, 0.25) is 0 Å². The van der Waals surface area contributed by atoms with Crippen LogP contribution in [0.3, 0.4) is 0 Å². The Morgan fingerprint density at radius 1 is 1.45 bits per heavy atom. The van der Waals surface area contributed by atoms with Crippen molar-refractivity contribution in [2.24, 2.45) is 0 Å². The van der Waals surface area contributed by atoms with Gasteiger partial charge in [-0.1, -0.05) is 23.8 Å². The molecule has 3 rings (SSSR count). The number of aromatic nitrogens is 1. The van der Waals surface area contributed by atoms with Crippen molar-refractivity contribution in [3.05, 3.63) is 40.7 Å². The summed E-state index contributed by atoms with van der Waals surface area (Å²) in [6, 6.07) is 1.75. The molecule has 0 saturated heterocycles. The van der Waals surface area contributed by atoms with Gasteiger partial charge in [0, 0.05) is 6.54 Å². The molecule has 0 spiro atoms. The Morgan fingerprint density at radius 3 is 2.95 bits per heavy atom. The summed E-state index contributed by atoms with van der Waals surface area (Å²) in [7, 11) is -3.53. The van der Waals surface area contributed by atoms with E-state index in [0.29, 0.717) is 29.8 Å². The van der Waals surface area contributed by atoms with E-state index in [4.69, 9.17) is 0 Å². The smallest absolute Gasteiger partial charge is 0.244 e. The van der Waals surface area contributed by atoms with Gasteiger partial charge in [-0.25, -0.2) is 13.4 Å². The van der Waals surface area contributed by atoms with Crippen LogP contribution in [0.15, 0.2) is 40.7 Å². The maximum Gasteiger partial charge on any atom is 0.244 e. The number of pyridine rings is 1. The summed E-state index contributed by atoms with van der Waals surface area (Å²) in [4.78, 5) is 4.16. The van der Waals surface area contributed by atoms with Crippen LogP contribution in [0.25, 0.3) is 0 Å². The highest BCUT2D eigenvalue weighted by Gasteiger charge is 2.43. The molecule has 0 amide bonds. The second kappa shape index (κ2) is 5.38. The number of anilines is 2. The molecule has 1 aromatic rings. The first-order valence-corrected chi connectivity index (χ1v) is 9.33. The molecule has 2 heterocycles. The van der Waals surface area contributed by atoms with Crippen molar-refractivity contribution in [2.45, 2.75) is 25.0 Å². The number of nitrogens with zero attached hydrogens (tertiary/aromatic N) is 2. The number of hydrogen-bond donors (Lipinski definition) is 1. The average molecular weight is 384 g/mol. The summed E-state index contributed by atoms with van der Waals surface area (Å²) in [6.45, 7) is 4.74. The summed E-state index contributed by atoms with van der Waals surface area (Å²) in [6.07, 6.45) is 7.75. The first kappa shape index (κ1) is 15.6. The van der Waals surface area contributed by atoms with Gasteiger partial charge in [0.15, 0.2) is 0 Å². The van der Waals surface area contributed by atoms with E-state index in [1.807, 2.05) is 19.1 Å². The van der Waals surface area contributed by atoms with Gasteiger partial charge >= 0.3 is 0 Å². The predicted molar refractivity (Wildman–Crippen MR) is 92.6 cm³/mol. The molecule has 22 heavy (non-hydrogen) atoms. The van der Waals surface area contributed by atoms with Gasteiger partial charge in [0.1, 0.15) is 9.35 Å². The van der Waals surface area contributed by atoms with Crippen LogP contribution in [0.1, 0.15) is 20.3 Å². The number of fused-ring (bicyclic) bond motifs is 1. The first-order chi connectivity index (χ1) is 10.3. The van der Waals surface area contributed by atoms with E-state index in [1.54, 1.807) is 25.3 Å². The maximum atomic E-state index is 13.3. The van der Waals surface area contributed by atoms with Gasteiger partial charge in [-0.15, -0.1) is 0 Å². The number of nitrogens with one attached hydrogen (secondary N) is 1. The predicted octanol–water partition coefficient (Wildman–Crippen LogP) is 3.07. The Bertz CT molecular complexity index is 773. The average Bonchev–Trinajstić information content (AvgIpc) is 2.46. The van der Waals surface area contributed by atoms with Gasteiger partial charge in [0.2, 0.25) is 10.0 Å². The Balaban J connectivity index is 2.07. The molecule has 7 heteroatoms. The summed E-state index contributed by atoms with van der Waals surface area (Å²) in [5.41, 5.74) is 2.46. The van der Waals surface area contributed by atoms with Crippen molar-refractivity contribution in [1.29, 1.82) is 0 Å². The van der Waals surface area contributed by atoms with Crippen molar-refractivity contribution in [1.82, 2.24) is 4.98 Å². The number of hydrogen-bond acceptors (Lipinski definition) is 4. The highest BCUT2D eigenvalue weighted by Crippen LogP contribution is 2.39. The molecule has 1 N–H and O–H groups in total. The van der Waals surface area contributed by atoms with Gasteiger partial charge in [0.25, 0.3) is 0 Å². The molecule has 1 aliphatic carbocycles. The molecular weight excluding hydrogens is 366 g/mol. The van der Waals surface area contributed by atoms with E-state index in [1.165, 1.54) is 4.31 Å². The largest absolute Gasteiger partial charge is 0.380 e. The fraction of sp³-hybridized carbons (Fsp3) is 0.400. The summed E-state index contributed by atoms with van der Waals surface area (Å²) >= 11 is 3.32. The van der Waals surface area contributed by atoms with Crippen molar-refractivity contribution >= 4 is 37.3 Å². The molecule has 1 aliphatic heterocycles. The maximum absolute atomic E-state index is 13.3. The lowest BCUT2D eigenvalue weighted by Gasteiger charge is -2.38. The van der Waals surface area contributed by atoms with Crippen LogP contribution in [0, 0.1) is 0 Å². The van der Waals surface area contributed by atoms with Gasteiger partial charge in [-0.05, 0) is 42.3 Å². The minimum absolute atomic E-state index is 0.415. The SMILES string of the molecule is CC1=CC=C[C@@](C)(S(=O)(=O)N2CCNc3cnc(Br)cc32)C1. The number of rotatable bonds is 2. The summed E-state index contributed by atoms with van der Waals surface area (Å²) in [5, 5.41) is 3.20. The van der Waals surface area contributed by atoms with E-state index in [-0.39, 0.29) is 0 Å². The van der Waals surface area contributed by atoms with E-state index in [2.05, 4.69) is 26.2 Å². The highest BCUT2D eigenvalue weighted by molar-refractivity contribution is 9.10. The van der Waals surface area contributed by atoms with Gasteiger partial charge in [-0.3, -0.25) is 4.31 Å². The zero-order valence-corrected chi connectivity index (χ0v) is 14.9. The van der Waals surface area contributed by atoms with Gasteiger partial charge < -0.3 is 5.32 Å². The Kier molecular flexibility index (Phi) is 3.81. The molecule has 0 bridgehead atoms. The van der Waals surface area contributed by atoms with Crippen LogP contribution >= 0.6 is 15.9 Å². The fourth-order valence-electron chi connectivity index (χ4n) is 2.94. The quantitative estimate of drug-likeness (QED) is 0.797. The molecule has 0 saturated carbocycles. The standard InChI is InChI=1S/C15H18BrN3O2S/c1-11-4-3-5-15(2,9-11)22(20,21)19-7-6-17-12-10-18-14(16)8-13(12)19/h3-5,8,10,17H,6-7,9H2,1-2H3/t15-/m1/s1. The molecular formula is C15H18BrN3O2S. The minimum atomic E-state index is -3.53. The Labute approximate surface area is 139 Å². The lowest BCUT2D eigenvalue weighted by atomic mass is 9.96. The van der Waals surface area contributed by atoms with E-state index in [9.17, 15) is 8.42 Å². The monoisotopic (exact) mass is 383 g/mol. The number of halogens is 1. The summed E-state index contributed by atoms with van der Waals surface area (Å²) in [5.74, 6) is 0. The Morgan fingerprint density at radius 2 is 2.23 bits per heavy atom. The van der Waals surface area contributed by atoms with Crippen molar-refractivity contribution in [2.75, 3.05) is 22.7 Å². The van der Waals surface area contributed by atoms with Crippen LogP contribution in [-0.2, 0) is 10.0 Å². The van der Waals surface area contributed by atoms with E-state index in [0.717, 1.165) is 11.3 Å². The third-order valence-corrected chi connectivity index (χ3v) is 6.94. The lowest BCUT2D eigenvalue weighted by Crippen LogP contribution is -2.49. The molecule has 0 unspecified atom stereocenters. The van der Waals surface area contributed by atoms with E-state index >= 15 is 0 Å². The topological polar surface area (TPSA) is 62.3 Å². The lowest BCUT2D eigenvalue weighted by molar-refractivity contribution is 0.553.